The van der Waals surface area contributed by atoms with Gasteiger partial charge in [-0.1, -0.05) is 26.0 Å². The molecule has 2 unspecified atom stereocenters. The van der Waals surface area contributed by atoms with E-state index < -0.39 is 6.04 Å². The summed E-state index contributed by atoms with van der Waals surface area (Å²) in [5.41, 5.74) is 0.987. The van der Waals surface area contributed by atoms with Crippen molar-refractivity contribution in [3.63, 3.8) is 0 Å². The highest BCUT2D eigenvalue weighted by molar-refractivity contribution is 5.95. The molecule has 0 bridgehead atoms. The van der Waals surface area contributed by atoms with Crippen LogP contribution in [0.3, 0.4) is 0 Å². The van der Waals surface area contributed by atoms with E-state index in [1.54, 1.807) is 12.0 Å². The van der Waals surface area contributed by atoms with Crippen LogP contribution in [-0.4, -0.2) is 36.4 Å². The van der Waals surface area contributed by atoms with Gasteiger partial charge >= 0.3 is 0 Å². The third kappa shape index (κ3) is 3.17. The fourth-order valence-electron chi connectivity index (χ4n) is 2.53. The number of amides is 2. The maximum Gasteiger partial charge on any atom is 0.246 e. The van der Waals surface area contributed by atoms with Crippen LogP contribution in [0.2, 0.25) is 0 Å². The molecule has 1 aliphatic rings. The molecule has 21 heavy (non-hydrogen) atoms. The number of rotatable bonds is 4. The zero-order chi connectivity index (χ0) is 15.6. The Kier molecular flexibility index (Phi) is 4.50. The minimum absolute atomic E-state index is 0.0204. The molecular weight excluding hydrogens is 268 g/mol. The van der Waals surface area contributed by atoms with Crippen LogP contribution < -0.4 is 10.1 Å². The number of ether oxygens (including phenoxy) is 1. The van der Waals surface area contributed by atoms with Crippen LogP contribution in [0, 0.1) is 5.92 Å². The lowest BCUT2D eigenvalue weighted by atomic mass is 9.98. The van der Waals surface area contributed by atoms with E-state index in [1.807, 2.05) is 45.0 Å². The molecule has 0 saturated carbocycles. The van der Waals surface area contributed by atoms with Crippen molar-refractivity contribution in [2.75, 3.05) is 13.7 Å². The first-order valence-electron chi connectivity index (χ1n) is 7.17. The molecule has 2 atom stereocenters. The van der Waals surface area contributed by atoms with E-state index in [4.69, 9.17) is 4.74 Å². The molecule has 1 aromatic rings. The summed E-state index contributed by atoms with van der Waals surface area (Å²) >= 11 is 0. The summed E-state index contributed by atoms with van der Waals surface area (Å²) in [5, 5.41) is 2.77. The molecule has 1 aliphatic heterocycles. The predicted octanol–water partition coefficient (Wildman–Crippen LogP) is 1.74. The van der Waals surface area contributed by atoms with Gasteiger partial charge in [-0.25, -0.2) is 0 Å². The van der Waals surface area contributed by atoms with Crippen molar-refractivity contribution in [2.24, 2.45) is 5.92 Å². The molecule has 1 fully saturated rings. The van der Waals surface area contributed by atoms with Crippen molar-refractivity contribution in [1.82, 2.24) is 10.2 Å². The Hall–Kier alpha value is -2.04. The van der Waals surface area contributed by atoms with Gasteiger partial charge in [0.2, 0.25) is 11.8 Å². The number of nitrogens with one attached hydrogen (secondary N) is 1. The van der Waals surface area contributed by atoms with Crippen LogP contribution in [0.5, 0.6) is 5.75 Å². The molecule has 0 aromatic heterocycles. The van der Waals surface area contributed by atoms with Crippen molar-refractivity contribution in [2.45, 2.75) is 32.9 Å². The van der Waals surface area contributed by atoms with Gasteiger partial charge in [-0.2, -0.15) is 0 Å². The summed E-state index contributed by atoms with van der Waals surface area (Å²) in [5.74, 6) is 0.725. The van der Waals surface area contributed by atoms with Crippen LogP contribution in [0.15, 0.2) is 24.3 Å². The van der Waals surface area contributed by atoms with Crippen molar-refractivity contribution in [1.29, 1.82) is 0 Å². The first kappa shape index (κ1) is 15.4. The summed E-state index contributed by atoms with van der Waals surface area (Å²) in [4.78, 5) is 26.0. The Morgan fingerprint density at radius 2 is 1.81 bits per heavy atom. The number of nitrogens with zero attached hydrogens (tertiary/aromatic N) is 1. The highest BCUT2D eigenvalue weighted by atomic mass is 16.5. The number of carbonyl (C=O) groups excluding carboxylic acids is 2. The first-order valence-corrected chi connectivity index (χ1v) is 7.17. The fourth-order valence-corrected chi connectivity index (χ4v) is 2.53. The molecule has 5 heteroatoms. The van der Waals surface area contributed by atoms with E-state index in [0.29, 0.717) is 0 Å². The third-order valence-corrected chi connectivity index (χ3v) is 3.91. The highest BCUT2D eigenvalue weighted by Crippen LogP contribution is 2.25. The Balaban J connectivity index is 2.21. The van der Waals surface area contributed by atoms with Gasteiger partial charge in [0, 0.05) is 0 Å². The van der Waals surface area contributed by atoms with E-state index in [-0.39, 0.29) is 30.3 Å². The summed E-state index contributed by atoms with van der Waals surface area (Å²) in [6.07, 6.45) is 0. The second-order valence-electron chi connectivity index (χ2n) is 5.70. The number of carbonyl (C=O) groups is 2. The maximum atomic E-state index is 12.5. The van der Waals surface area contributed by atoms with Crippen molar-refractivity contribution in [3.05, 3.63) is 29.8 Å². The van der Waals surface area contributed by atoms with Gasteiger partial charge in [0.15, 0.2) is 0 Å². The molecule has 5 nitrogen and oxygen atoms in total. The Bertz CT molecular complexity index is 525. The quantitative estimate of drug-likeness (QED) is 0.919. The smallest absolute Gasteiger partial charge is 0.246 e. The van der Waals surface area contributed by atoms with E-state index in [9.17, 15) is 9.59 Å². The number of benzene rings is 1. The minimum Gasteiger partial charge on any atom is -0.497 e. The number of methoxy groups -OCH3 is 1. The molecule has 1 heterocycles. The molecule has 114 valence electrons. The van der Waals surface area contributed by atoms with Crippen LogP contribution in [0.4, 0.5) is 0 Å². The van der Waals surface area contributed by atoms with Crippen molar-refractivity contribution >= 4 is 11.8 Å². The van der Waals surface area contributed by atoms with Gasteiger partial charge < -0.3 is 15.0 Å². The van der Waals surface area contributed by atoms with E-state index >= 15 is 0 Å². The van der Waals surface area contributed by atoms with Crippen LogP contribution in [0.25, 0.3) is 0 Å². The fraction of sp³-hybridized carbons (Fsp3) is 0.500. The standard InChI is InChI=1S/C16H22N2O3/c1-10(2)15-16(20)18(9-14(19)17-15)11(3)12-5-7-13(21-4)8-6-12/h5-8,10-11,15H,9H2,1-4H3,(H,17,19). The van der Waals surface area contributed by atoms with Gasteiger partial charge in [-0.3, -0.25) is 9.59 Å². The average Bonchev–Trinajstić information content (AvgIpc) is 2.48. The van der Waals surface area contributed by atoms with Crippen LogP contribution in [0.1, 0.15) is 32.4 Å². The number of piperazine rings is 1. The first-order chi connectivity index (χ1) is 9.93. The summed E-state index contributed by atoms with van der Waals surface area (Å²) < 4.78 is 5.14. The molecule has 0 spiro atoms. The number of hydrogen-bond donors (Lipinski definition) is 1. The van der Waals surface area contributed by atoms with Crippen molar-refractivity contribution < 1.29 is 14.3 Å². The molecule has 0 aliphatic carbocycles. The zero-order valence-corrected chi connectivity index (χ0v) is 12.9. The molecular formula is C16H22N2O3. The molecule has 0 radical (unpaired) electrons. The largest absolute Gasteiger partial charge is 0.497 e. The average molecular weight is 290 g/mol. The Labute approximate surface area is 125 Å². The second kappa shape index (κ2) is 6.16. The lowest BCUT2D eigenvalue weighted by Gasteiger charge is -2.38. The van der Waals surface area contributed by atoms with Gasteiger partial charge in [0.05, 0.1) is 13.2 Å². The van der Waals surface area contributed by atoms with Crippen molar-refractivity contribution in [3.8, 4) is 5.75 Å². The normalized spacial score (nSPS) is 20.4. The molecule has 1 aromatic carbocycles. The third-order valence-electron chi connectivity index (χ3n) is 3.91. The SMILES string of the molecule is COc1ccc(C(C)N2CC(=O)NC(C(C)C)C2=O)cc1. The van der Waals surface area contributed by atoms with Gasteiger partial charge in [0.25, 0.3) is 0 Å². The topological polar surface area (TPSA) is 58.6 Å². The second-order valence-corrected chi connectivity index (χ2v) is 5.70. The lowest BCUT2D eigenvalue weighted by Crippen LogP contribution is -2.60. The van der Waals surface area contributed by atoms with Crippen LogP contribution >= 0.6 is 0 Å². The van der Waals surface area contributed by atoms with Gasteiger partial charge in [-0.05, 0) is 30.5 Å². The Morgan fingerprint density at radius 1 is 1.19 bits per heavy atom. The van der Waals surface area contributed by atoms with Crippen LogP contribution in [-0.2, 0) is 9.59 Å². The molecule has 2 rings (SSSR count). The van der Waals surface area contributed by atoms with E-state index in [1.165, 1.54) is 0 Å². The highest BCUT2D eigenvalue weighted by Gasteiger charge is 2.36. The molecule has 2 amide bonds. The van der Waals surface area contributed by atoms with E-state index in [0.717, 1.165) is 11.3 Å². The van der Waals surface area contributed by atoms with Gasteiger partial charge in [-0.15, -0.1) is 0 Å². The lowest BCUT2D eigenvalue weighted by molar-refractivity contribution is -0.147. The maximum absolute atomic E-state index is 12.5. The minimum atomic E-state index is -0.438. The summed E-state index contributed by atoms with van der Waals surface area (Å²) in [6.45, 7) is 5.92. The van der Waals surface area contributed by atoms with Gasteiger partial charge in [0.1, 0.15) is 18.3 Å². The number of hydrogen-bond acceptors (Lipinski definition) is 3. The predicted molar refractivity (Wildman–Crippen MR) is 79.9 cm³/mol. The summed E-state index contributed by atoms with van der Waals surface area (Å²) in [7, 11) is 1.62. The molecule has 1 saturated heterocycles. The van der Waals surface area contributed by atoms with E-state index in [2.05, 4.69) is 5.32 Å². The molecule has 1 N–H and O–H groups in total. The monoisotopic (exact) mass is 290 g/mol. The zero-order valence-electron chi connectivity index (χ0n) is 12.9. The summed E-state index contributed by atoms with van der Waals surface area (Å²) in [6, 6.07) is 6.99. The Morgan fingerprint density at radius 3 is 2.33 bits per heavy atom.